The maximum atomic E-state index is 13.3. The summed E-state index contributed by atoms with van der Waals surface area (Å²) in [6.07, 6.45) is 4.18. The van der Waals surface area contributed by atoms with Crippen molar-refractivity contribution in [3.05, 3.63) is 52.3 Å². The maximum absolute atomic E-state index is 13.3. The highest BCUT2D eigenvalue weighted by molar-refractivity contribution is 9.10. The van der Waals surface area contributed by atoms with Gasteiger partial charge in [0.25, 0.3) is 5.91 Å². The van der Waals surface area contributed by atoms with Crippen molar-refractivity contribution in [1.29, 1.82) is 0 Å². The van der Waals surface area contributed by atoms with Crippen molar-refractivity contribution in [1.82, 2.24) is 14.9 Å². The van der Waals surface area contributed by atoms with Crippen molar-refractivity contribution >= 4 is 21.8 Å². The van der Waals surface area contributed by atoms with Crippen molar-refractivity contribution < 1.29 is 9.18 Å². The van der Waals surface area contributed by atoms with Gasteiger partial charge in [0.2, 0.25) is 0 Å². The Hall–Kier alpha value is -1.69. The molecule has 1 amide bonds. The van der Waals surface area contributed by atoms with E-state index in [0.29, 0.717) is 18.5 Å². The molecule has 0 fully saturated rings. The zero-order chi connectivity index (χ0) is 13.8. The van der Waals surface area contributed by atoms with Gasteiger partial charge in [-0.15, -0.1) is 0 Å². The minimum atomic E-state index is -0.447. The Balaban J connectivity index is 1.95. The van der Waals surface area contributed by atoms with E-state index in [9.17, 15) is 9.18 Å². The molecule has 1 aromatic carbocycles. The van der Waals surface area contributed by atoms with E-state index in [-0.39, 0.29) is 10.4 Å². The third-order valence-electron chi connectivity index (χ3n) is 2.75. The molecule has 0 radical (unpaired) electrons. The third-order valence-corrected chi connectivity index (χ3v) is 3.56. The number of hydrogen-bond donors (Lipinski definition) is 1. The van der Waals surface area contributed by atoms with Crippen molar-refractivity contribution in [3.63, 3.8) is 0 Å². The first-order chi connectivity index (χ1) is 9.09. The number of carbonyl (C=O) groups excluding carboxylic acids is 1. The fourth-order valence-electron chi connectivity index (χ4n) is 1.70. The van der Waals surface area contributed by atoms with Crippen LogP contribution in [0.15, 0.2) is 35.1 Å². The molecule has 0 aliphatic rings. The Morgan fingerprint density at radius 3 is 3.00 bits per heavy atom. The molecular weight excluding hydrogens is 313 g/mol. The zero-order valence-corrected chi connectivity index (χ0v) is 11.9. The molecule has 0 atom stereocenters. The van der Waals surface area contributed by atoms with Gasteiger partial charge in [-0.25, -0.2) is 9.37 Å². The normalized spacial score (nSPS) is 10.5. The molecule has 1 aromatic heterocycles. The van der Waals surface area contributed by atoms with Crippen molar-refractivity contribution in [2.24, 2.45) is 7.05 Å². The average molecular weight is 326 g/mol. The van der Waals surface area contributed by atoms with Gasteiger partial charge in [-0.3, -0.25) is 4.79 Å². The van der Waals surface area contributed by atoms with Crippen molar-refractivity contribution in [3.8, 4) is 0 Å². The lowest BCUT2D eigenvalue weighted by Gasteiger charge is -2.07. The number of halogens is 2. The summed E-state index contributed by atoms with van der Waals surface area (Å²) in [5.74, 6) is 0.135. The van der Waals surface area contributed by atoms with E-state index >= 15 is 0 Å². The maximum Gasteiger partial charge on any atom is 0.252 e. The fraction of sp³-hybridized carbons (Fsp3) is 0.231. The van der Waals surface area contributed by atoms with Crippen molar-refractivity contribution in [2.45, 2.75) is 6.42 Å². The summed E-state index contributed by atoms with van der Waals surface area (Å²) < 4.78 is 15.4. The molecule has 1 N–H and O–H groups in total. The molecule has 0 saturated carbocycles. The van der Waals surface area contributed by atoms with E-state index in [4.69, 9.17) is 0 Å². The van der Waals surface area contributed by atoms with Crippen LogP contribution in [0, 0.1) is 5.82 Å². The number of nitrogens with zero attached hydrogens (tertiary/aromatic N) is 2. The van der Waals surface area contributed by atoms with Gasteiger partial charge in [0.05, 0.1) is 10.0 Å². The highest BCUT2D eigenvalue weighted by atomic mass is 79.9. The molecule has 2 rings (SSSR count). The molecule has 100 valence electrons. The van der Waals surface area contributed by atoms with Crippen LogP contribution in [0.1, 0.15) is 16.2 Å². The molecule has 19 heavy (non-hydrogen) atoms. The standard InChI is InChI=1S/C13H13BrFN3O/c1-18-8-7-16-11(18)5-6-17-13(19)9-3-2-4-10(15)12(9)14/h2-4,7-8H,5-6H2,1H3,(H,17,19). The largest absolute Gasteiger partial charge is 0.352 e. The number of rotatable bonds is 4. The van der Waals surface area contributed by atoms with Crippen LogP contribution in [0.2, 0.25) is 0 Å². The van der Waals surface area contributed by atoms with E-state index in [2.05, 4.69) is 26.2 Å². The van der Waals surface area contributed by atoms with Crippen LogP contribution in [0.5, 0.6) is 0 Å². The summed E-state index contributed by atoms with van der Waals surface area (Å²) >= 11 is 3.07. The Morgan fingerprint density at radius 2 is 2.32 bits per heavy atom. The second-order valence-corrected chi connectivity index (χ2v) is 4.85. The summed E-state index contributed by atoms with van der Waals surface area (Å²) in [4.78, 5) is 16.1. The van der Waals surface area contributed by atoms with Gasteiger partial charge in [-0.2, -0.15) is 0 Å². The smallest absolute Gasteiger partial charge is 0.252 e. The molecule has 0 aliphatic carbocycles. The lowest BCUT2D eigenvalue weighted by molar-refractivity contribution is 0.0952. The van der Waals surface area contributed by atoms with Crippen LogP contribution in [-0.2, 0) is 13.5 Å². The van der Waals surface area contributed by atoms with Crippen LogP contribution >= 0.6 is 15.9 Å². The number of hydrogen-bond acceptors (Lipinski definition) is 2. The monoisotopic (exact) mass is 325 g/mol. The number of imidazole rings is 1. The quantitative estimate of drug-likeness (QED) is 0.937. The minimum absolute atomic E-state index is 0.185. The second kappa shape index (κ2) is 5.97. The third kappa shape index (κ3) is 3.20. The van der Waals surface area contributed by atoms with Crippen LogP contribution in [0.4, 0.5) is 4.39 Å². The number of aryl methyl sites for hydroxylation is 1. The molecule has 0 spiro atoms. The van der Waals surface area contributed by atoms with E-state index < -0.39 is 5.82 Å². The number of aromatic nitrogens is 2. The first kappa shape index (κ1) is 13.7. The van der Waals surface area contributed by atoms with Gasteiger partial charge in [-0.1, -0.05) is 6.07 Å². The van der Waals surface area contributed by atoms with Crippen LogP contribution in [0.3, 0.4) is 0 Å². The Labute approximate surface area is 118 Å². The van der Waals surface area contributed by atoms with Gasteiger partial charge >= 0.3 is 0 Å². The fourth-order valence-corrected chi connectivity index (χ4v) is 2.14. The van der Waals surface area contributed by atoms with Gasteiger partial charge in [-0.05, 0) is 28.1 Å². The summed E-state index contributed by atoms with van der Waals surface area (Å²) in [5, 5.41) is 2.74. The summed E-state index contributed by atoms with van der Waals surface area (Å²) in [7, 11) is 1.90. The molecule has 2 aromatic rings. The lowest BCUT2D eigenvalue weighted by atomic mass is 10.2. The minimum Gasteiger partial charge on any atom is -0.352 e. The molecule has 6 heteroatoms. The van der Waals surface area contributed by atoms with E-state index in [0.717, 1.165) is 5.82 Å². The summed E-state index contributed by atoms with van der Waals surface area (Å²) in [6.45, 7) is 0.451. The topological polar surface area (TPSA) is 46.9 Å². The van der Waals surface area contributed by atoms with Crippen molar-refractivity contribution in [2.75, 3.05) is 6.54 Å². The average Bonchev–Trinajstić information content (AvgIpc) is 2.78. The second-order valence-electron chi connectivity index (χ2n) is 4.06. The summed E-state index contributed by atoms with van der Waals surface area (Å²) in [5.41, 5.74) is 0.292. The van der Waals surface area contributed by atoms with E-state index in [1.807, 2.05) is 17.8 Å². The SMILES string of the molecule is Cn1ccnc1CCNC(=O)c1cccc(F)c1Br. The van der Waals surface area contributed by atoms with Crippen LogP contribution in [-0.4, -0.2) is 22.0 Å². The van der Waals surface area contributed by atoms with E-state index in [1.165, 1.54) is 12.1 Å². The highest BCUT2D eigenvalue weighted by Crippen LogP contribution is 2.20. The molecular formula is C13H13BrFN3O. The van der Waals surface area contributed by atoms with Gasteiger partial charge in [0.15, 0.2) is 0 Å². The highest BCUT2D eigenvalue weighted by Gasteiger charge is 2.12. The molecule has 4 nitrogen and oxygen atoms in total. The lowest BCUT2D eigenvalue weighted by Crippen LogP contribution is -2.26. The predicted molar refractivity (Wildman–Crippen MR) is 73.3 cm³/mol. The Kier molecular flexibility index (Phi) is 4.31. The number of benzene rings is 1. The van der Waals surface area contributed by atoms with Gasteiger partial charge in [0.1, 0.15) is 11.6 Å². The zero-order valence-electron chi connectivity index (χ0n) is 10.4. The van der Waals surface area contributed by atoms with Crippen LogP contribution < -0.4 is 5.32 Å². The predicted octanol–water partition coefficient (Wildman–Crippen LogP) is 2.29. The number of nitrogens with one attached hydrogen (secondary N) is 1. The molecule has 0 saturated heterocycles. The molecule has 1 heterocycles. The first-order valence-electron chi connectivity index (χ1n) is 5.78. The summed E-state index contributed by atoms with van der Waals surface area (Å²) in [6, 6.07) is 4.38. The van der Waals surface area contributed by atoms with Gasteiger partial charge in [0, 0.05) is 32.4 Å². The molecule has 0 aliphatic heterocycles. The van der Waals surface area contributed by atoms with E-state index in [1.54, 1.807) is 12.3 Å². The van der Waals surface area contributed by atoms with Crippen LogP contribution in [0.25, 0.3) is 0 Å². The Morgan fingerprint density at radius 1 is 1.53 bits per heavy atom. The molecule has 0 unspecified atom stereocenters. The first-order valence-corrected chi connectivity index (χ1v) is 6.57. The number of amides is 1. The molecule has 0 bridgehead atoms. The number of carbonyl (C=O) groups is 1. The Bertz CT molecular complexity index is 597. The van der Waals surface area contributed by atoms with Gasteiger partial charge < -0.3 is 9.88 Å².